The van der Waals surface area contributed by atoms with Crippen LogP contribution >= 0.6 is 0 Å². The molecule has 0 bridgehead atoms. The van der Waals surface area contributed by atoms with Crippen LogP contribution in [0.2, 0.25) is 0 Å². The fraction of sp³-hybridized carbons (Fsp3) is 0.200. The number of hydrogen-bond donors (Lipinski definition) is 4. The Labute approximate surface area is 95.3 Å². The van der Waals surface area contributed by atoms with Gasteiger partial charge in [-0.2, -0.15) is 0 Å². The number of benzene rings is 1. The maximum Gasteiger partial charge on any atom is 0.334 e. The number of halogens is 1. The minimum Gasteiger partial charge on any atom is -0.508 e. The number of aliphatic carboxylic acids is 1. The summed E-state index contributed by atoms with van der Waals surface area (Å²) in [7, 11) is 0. The Morgan fingerprint density at radius 3 is 2.59 bits per heavy atom. The van der Waals surface area contributed by atoms with Crippen molar-refractivity contribution in [3.05, 3.63) is 29.6 Å². The number of aromatic hydroxyl groups is 1. The van der Waals surface area contributed by atoms with Gasteiger partial charge in [0.25, 0.3) is 5.91 Å². The first-order chi connectivity index (χ1) is 7.91. The Morgan fingerprint density at radius 2 is 2.06 bits per heavy atom. The number of carboxylic acid groups (broad SMARTS) is 1. The average Bonchev–Trinajstić information content (AvgIpc) is 2.25. The van der Waals surface area contributed by atoms with Crippen LogP contribution in [0.5, 0.6) is 5.75 Å². The monoisotopic (exact) mass is 243 g/mol. The summed E-state index contributed by atoms with van der Waals surface area (Å²) in [6, 6.07) is 2.92. The molecule has 1 aromatic rings. The predicted octanol–water partition coefficient (Wildman–Crippen LogP) is -0.293. The summed E-state index contributed by atoms with van der Waals surface area (Å²) in [5.74, 6) is -3.63. The van der Waals surface area contributed by atoms with Crippen molar-refractivity contribution in [3.8, 4) is 5.75 Å². The number of phenols is 1. The fourth-order valence-corrected chi connectivity index (χ4v) is 1.06. The van der Waals surface area contributed by atoms with Gasteiger partial charge in [0.2, 0.25) is 0 Å². The summed E-state index contributed by atoms with van der Waals surface area (Å²) in [6.07, 6.45) is -1.75. The molecule has 0 spiro atoms. The molecule has 7 heteroatoms. The molecular weight excluding hydrogens is 233 g/mol. The molecular formula is C10H10FNO5. The Hall–Kier alpha value is -2.15. The van der Waals surface area contributed by atoms with E-state index < -0.39 is 30.3 Å². The molecule has 1 rings (SSSR count). The van der Waals surface area contributed by atoms with Crippen LogP contribution in [0.15, 0.2) is 18.2 Å². The molecule has 0 radical (unpaired) electrons. The van der Waals surface area contributed by atoms with Crippen LogP contribution in [-0.2, 0) is 4.79 Å². The lowest BCUT2D eigenvalue weighted by Gasteiger charge is -2.08. The highest BCUT2D eigenvalue weighted by Crippen LogP contribution is 2.14. The van der Waals surface area contributed by atoms with E-state index in [1.165, 1.54) is 0 Å². The number of hydrogen-bond acceptors (Lipinski definition) is 4. The van der Waals surface area contributed by atoms with Crippen molar-refractivity contribution in [1.29, 1.82) is 0 Å². The molecule has 0 aliphatic rings. The first-order valence-corrected chi connectivity index (χ1v) is 4.59. The molecule has 0 aromatic heterocycles. The second-order valence-corrected chi connectivity index (χ2v) is 3.23. The SMILES string of the molecule is O=C(NCC(O)C(=O)O)c1ccc(O)cc1F. The van der Waals surface area contributed by atoms with Gasteiger partial charge in [0, 0.05) is 6.07 Å². The molecule has 0 aliphatic carbocycles. The normalized spacial score (nSPS) is 11.9. The van der Waals surface area contributed by atoms with E-state index in [0.29, 0.717) is 0 Å². The van der Waals surface area contributed by atoms with Gasteiger partial charge in [-0.1, -0.05) is 0 Å². The van der Waals surface area contributed by atoms with Crippen molar-refractivity contribution in [2.45, 2.75) is 6.10 Å². The van der Waals surface area contributed by atoms with Crippen molar-refractivity contribution in [3.63, 3.8) is 0 Å². The number of aliphatic hydroxyl groups excluding tert-OH is 1. The van der Waals surface area contributed by atoms with E-state index in [0.717, 1.165) is 18.2 Å². The Kier molecular flexibility index (Phi) is 4.00. The quantitative estimate of drug-likeness (QED) is 0.581. The minimum atomic E-state index is -1.75. The van der Waals surface area contributed by atoms with Crippen LogP contribution in [0, 0.1) is 5.82 Å². The van der Waals surface area contributed by atoms with Gasteiger partial charge in [0.1, 0.15) is 11.6 Å². The van der Waals surface area contributed by atoms with Gasteiger partial charge in [-0.3, -0.25) is 4.79 Å². The summed E-state index contributed by atoms with van der Waals surface area (Å²) in [6.45, 7) is -0.533. The van der Waals surface area contributed by atoms with E-state index >= 15 is 0 Å². The lowest BCUT2D eigenvalue weighted by atomic mass is 10.2. The van der Waals surface area contributed by atoms with Crippen LogP contribution in [0.25, 0.3) is 0 Å². The Bertz CT molecular complexity index is 448. The van der Waals surface area contributed by atoms with Crippen LogP contribution in [0.3, 0.4) is 0 Å². The topological polar surface area (TPSA) is 107 Å². The van der Waals surface area contributed by atoms with Gasteiger partial charge >= 0.3 is 5.97 Å². The highest BCUT2D eigenvalue weighted by Gasteiger charge is 2.17. The number of phenolic OH excluding ortho intramolecular Hbond substituents is 1. The van der Waals surface area contributed by atoms with Crippen molar-refractivity contribution >= 4 is 11.9 Å². The molecule has 0 saturated heterocycles. The average molecular weight is 243 g/mol. The molecule has 1 aromatic carbocycles. The van der Waals surface area contributed by atoms with Crippen LogP contribution < -0.4 is 5.32 Å². The zero-order valence-electron chi connectivity index (χ0n) is 8.55. The highest BCUT2D eigenvalue weighted by atomic mass is 19.1. The first kappa shape index (κ1) is 12.9. The van der Waals surface area contributed by atoms with Gasteiger partial charge in [-0.15, -0.1) is 0 Å². The molecule has 6 nitrogen and oxygen atoms in total. The highest BCUT2D eigenvalue weighted by molar-refractivity contribution is 5.94. The molecule has 17 heavy (non-hydrogen) atoms. The fourth-order valence-electron chi connectivity index (χ4n) is 1.06. The van der Waals surface area contributed by atoms with E-state index in [1.54, 1.807) is 0 Å². The van der Waals surface area contributed by atoms with Gasteiger partial charge in [0.15, 0.2) is 6.10 Å². The molecule has 1 amide bonds. The van der Waals surface area contributed by atoms with Crippen LogP contribution in [-0.4, -0.2) is 39.8 Å². The van der Waals surface area contributed by atoms with Crippen LogP contribution in [0.4, 0.5) is 4.39 Å². The van der Waals surface area contributed by atoms with Crippen molar-refractivity contribution in [2.75, 3.05) is 6.54 Å². The number of carboxylic acids is 1. The first-order valence-electron chi connectivity index (χ1n) is 4.59. The molecule has 0 saturated carbocycles. The molecule has 0 aliphatic heterocycles. The maximum atomic E-state index is 13.2. The zero-order valence-corrected chi connectivity index (χ0v) is 8.55. The van der Waals surface area contributed by atoms with Gasteiger partial charge in [-0.05, 0) is 12.1 Å². The summed E-state index contributed by atoms with van der Waals surface area (Å²) in [4.78, 5) is 21.6. The summed E-state index contributed by atoms with van der Waals surface area (Å²) in [5, 5.41) is 28.2. The largest absolute Gasteiger partial charge is 0.508 e. The van der Waals surface area contributed by atoms with Crippen LogP contribution in [0.1, 0.15) is 10.4 Å². The third-order valence-corrected chi connectivity index (χ3v) is 1.94. The number of rotatable bonds is 4. The molecule has 0 fully saturated rings. The maximum absolute atomic E-state index is 13.2. The molecule has 92 valence electrons. The van der Waals surface area contributed by atoms with E-state index in [-0.39, 0.29) is 11.3 Å². The summed E-state index contributed by atoms with van der Waals surface area (Å²) >= 11 is 0. The van der Waals surface area contributed by atoms with E-state index in [4.69, 9.17) is 15.3 Å². The van der Waals surface area contributed by atoms with Crippen molar-refractivity contribution < 1.29 is 29.3 Å². The number of carbonyl (C=O) groups is 2. The number of amides is 1. The van der Waals surface area contributed by atoms with Crippen molar-refractivity contribution in [1.82, 2.24) is 5.32 Å². The van der Waals surface area contributed by atoms with E-state index in [9.17, 15) is 14.0 Å². The summed E-state index contributed by atoms with van der Waals surface area (Å²) < 4.78 is 13.2. The van der Waals surface area contributed by atoms with E-state index in [1.807, 2.05) is 5.32 Å². The van der Waals surface area contributed by atoms with Gasteiger partial charge in [-0.25, -0.2) is 9.18 Å². The third kappa shape index (κ3) is 3.42. The Morgan fingerprint density at radius 1 is 1.41 bits per heavy atom. The lowest BCUT2D eigenvalue weighted by Crippen LogP contribution is -2.36. The number of carbonyl (C=O) groups excluding carboxylic acids is 1. The number of nitrogens with one attached hydrogen (secondary N) is 1. The Balaban J connectivity index is 2.67. The van der Waals surface area contributed by atoms with Crippen molar-refractivity contribution in [2.24, 2.45) is 0 Å². The predicted molar refractivity (Wildman–Crippen MR) is 54.0 cm³/mol. The van der Waals surface area contributed by atoms with E-state index in [2.05, 4.69) is 0 Å². The van der Waals surface area contributed by atoms with Gasteiger partial charge in [0.05, 0.1) is 12.1 Å². The molecule has 0 heterocycles. The molecule has 1 atom stereocenters. The molecule has 1 unspecified atom stereocenters. The second kappa shape index (κ2) is 5.26. The smallest absolute Gasteiger partial charge is 0.334 e. The number of aliphatic hydroxyl groups is 1. The second-order valence-electron chi connectivity index (χ2n) is 3.23. The minimum absolute atomic E-state index is 0.329. The lowest BCUT2D eigenvalue weighted by molar-refractivity contribution is -0.146. The third-order valence-electron chi connectivity index (χ3n) is 1.94. The standard InChI is InChI=1S/C10H10FNO5/c11-7-3-5(13)1-2-6(7)9(15)12-4-8(14)10(16)17/h1-3,8,13-14H,4H2,(H,12,15)(H,16,17). The molecule has 4 N–H and O–H groups in total. The summed E-state index contributed by atoms with van der Waals surface area (Å²) in [5.41, 5.74) is -0.347. The van der Waals surface area contributed by atoms with Gasteiger partial charge < -0.3 is 20.6 Å². The zero-order chi connectivity index (χ0) is 13.0.